The third-order valence-electron chi connectivity index (χ3n) is 28.7. The van der Waals surface area contributed by atoms with E-state index in [0.29, 0.717) is 59.1 Å². The summed E-state index contributed by atoms with van der Waals surface area (Å²) >= 11 is 0. The third-order valence-corrected chi connectivity index (χ3v) is 32.4. The number of hydrogen-bond acceptors (Lipinski definition) is 32. The van der Waals surface area contributed by atoms with Crippen molar-refractivity contribution in [2.75, 3.05) is 83.1 Å². The minimum Gasteiger partial charge on any atom is -0.324 e. The number of aromatic nitrogens is 12. The maximum atomic E-state index is 12.6. The van der Waals surface area contributed by atoms with Crippen LogP contribution < -0.4 is 61.9 Å². The first-order chi connectivity index (χ1) is 68.9. The molecule has 12 aromatic rings. The molecule has 0 unspecified atom stereocenters. The number of rotatable bonds is 15. The van der Waals surface area contributed by atoms with Crippen LogP contribution in [0.1, 0.15) is 190 Å². The lowest BCUT2D eigenvalue weighted by atomic mass is 9.79. The number of primary sulfonamides is 4. The summed E-state index contributed by atoms with van der Waals surface area (Å²) in [5.74, 6) is 8.02. The number of nitrogens with one attached hydrogen (secondary N) is 4. The van der Waals surface area contributed by atoms with Gasteiger partial charge >= 0.3 is 0 Å². The van der Waals surface area contributed by atoms with Crippen LogP contribution in [0.15, 0.2) is 186 Å². The van der Waals surface area contributed by atoms with Crippen LogP contribution in [0, 0.1) is 0 Å². The number of nitrogens with zero attached hydrogens (tertiary/aromatic N) is 24. The SMILES string of the molecule is CC(=O)N(C)C1=NN(C(C)C)c2cc3cnc(Nc4ccc(S(N)(=O)=O)cc4)nc3n2C12CCCCC2.CC(=O)N(C)C1=NN(C)c2cc3cnc(Nc4ccc(S(N)(=O)=O)cc4)nc3n2C12CCCCC2.CC(=O)N(C)C1=NN(C2CC2)c2cc3cnc(Nc4ccc(S(N)(=O)=O)cc4)nc3n2C12CCCCC2.CCN1N=C(N(C)C(C)=O)C2(CCCCC2)n2c1cc1cnc(Nc3ccc(S(N)(=O)=O)cc3)nc12. The van der Waals surface area contributed by atoms with Gasteiger partial charge in [0, 0.05) is 145 Å². The average molecular weight is 2050 g/mol. The lowest BCUT2D eigenvalue weighted by Crippen LogP contribution is -2.56. The van der Waals surface area contributed by atoms with Crippen molar-refractivity contribution in [1.29, 1.82) is 0 Å². The van der Waals surface area contributed by atoms with Gasteiger partial charge in [0.15, 0.2) is 23.3 Å². The van der Waals surface area contributed by atoms with Crippen LogP contribution in [0.4, 0.5) is 69.8 Å². The highest BCUT2D eigenvalue weighted by molar-refractivity contribution is 7.90. The van der Waals surface area contributed by atoms with Gasteiger partial charge in [-0.25, -0.2) is 89.2 Å². The Hall–Kier alpha value is -14.0. The van der Waals surface area contributed by atoms with Gasteiger partial charge < -0.3 is 40.9 Å². The first-order valence-corrected chi connectivity index (χ1v) is 54.7. The van der Waals surface area contributed by atoms with E-state index in [9.17, 15) is 52.8 Å². The molecule has 4 aromatic carbocycles. The van der Waals surface area contributed by atoms with E-state index in [-0.39, 0.29) is 49.3 Å². The Morgan fingerprint density at radius 2 is 0.621 bits per heavy atom. The van der Waals surface area contributed by atoms with E-state index >= 15 is 0 Å². The molecular weight excluding hydrogens is 1930 g/mol. The predicted octanol–water partition coefficient (Wildman–Crippen LogP) is 12.6. The number of amidine groups is 4. The second kappa shape index (κ2) is 39.2. The summed E-state index contributed by atoms with van der Waals surface area (Å²) in [6.07, 6.45) is 28.9. The number of hydrogen-bond donors (Lipinski definition) is 8. The number of anilines is 12. The zero-order chi connectivity index (χ0) is 103. The fourth-order valence-corrected chi connectivity index (χ4v) is 23.2. The molecule has 764 valence electrons. The average Bonchev–Trinajstić information content (AvgIpc) is 1.55. The Morgan fingerprint density at radius 1 is 0.366 bits per heavy atom. The van der Waals surface area contributed by atoms with Crippen LogP contribution in [-0.2, 0) is 81.4 Å². The van der Waals surface area contributed by atoms with Gasteiger partial charge in [-0.3, -0.25) is 42.5 Å². The van der Waals surface area contributed by atoms with E-state index in [0.717, 1.165) is 232 Å². The van der Waals surface area contributed by atoms with Gasteiger partial charge in [0.25, 0.3) is 0 Å². The smallest absolute Gasteiger partial charge is 0.238 e. The molecule has 5 aliphatic carbocycles. The Morgan fingerprint density at radius 3 is 0.903 bits per heavy atom. The zero-order valence-electron chi connectivity index (χ0n) is 82.8. The van der Waals surface area contributed by atoms with Gasteiger partial charge in [0.05, 0.1) is 25.6 Å². The normalized spacial score (nSPS) is 17.6. The quantitative estimate of drug-likeness (QED) is 0.0472. The molecule has 44 nitrogen and oxygen atoms in total. The summed E-state index contributed by atoms with van der Waals surface area (Å²) in [5, 5.41) is 64.7. The Labute approximate surface area is 840 Å². The molecule has 5 fully saturated rings. The van der Waals surface area contributed by atoms with Gasteiger partial charge in [-0.05, 0) is 206 Å². The van der Waals surface area contributed by atoms with Crippen molar-refractivity contribution in [2.45, 2.75) is 244 Å². The number of amides is 4. The summed E-state index contributed by atoms with van der Waals surface area (Å²) in [6.45, 7) is 13.1. The number of benzene rings is 4. The Balaban J connectivity index is 0.000000127. The van der Waals surface area contributed by atoms with Gasteiger partial charge in [-0.15, -0.1) is 0 Å². The van der Waals surface area contributed by atoms with Crippen molar-refractivity contribution in [2.24, 2.45) is 41.0 Å². The number of nitrogens with two attached hydrogens (primary N) is 4. The van der Waals surface area contributed by atoms with Crippen LogP contribution in [0.2, 0.25) is 0 Å². The van der Waals surface area contributed by atoms with Crippen LogP contribution in [0.5, 0.6) is 0 Å². The van der Waals surface area contributed by atoms with Gasteiger partial charge in [-0.2, -0.15) is 40.3 Å². The molecule has 8 aromatic heterocycles. The molecule has 0 radical (unpaired) electrons. The molecular formula is C97H120N32O12S4. The second-order valence-electron chi connectivity index (χ2n) is 38.6. The Kier molecular flexibility index (Phi) is 27.3. The van der Waals surface area contributed by atoms with Crippen LogP contribution in [-0.4, -0.2) is 212 Å². The maximum Gasteiger partial charge on any atom is 0.238 e. The minimum absolute atomic E-state index is 0.0313. The van der Waals surface area contributed by atoms with Crippen LogP contribution >= 0.6 is 0 Å². The number of sulfonamides is 4. The van der Waals surface area contributed by atoms with E-state index in [1.165, 1.54) is 48.5 Å². The van der Waals surface area contributed by atoms with E-state index in [4.69, 9.17) is 60.9 Å². The Bertz CT molecular complexity index is 7490. The highest BCUT2D eigenvalue weighted by Crippen LogP contribution is 2.53. The van der Waals surface area contributed by atoms with Crippen molar-refractivity contribution in [1.82, 2.24) is 77.7 Å². The number of carbonyl (C=O) groups is 4. The number of likely N-dealkylation sites (N-methyl/N-ethyl adjacent to an activating group) is 4. The highest BCUT2D eigenvalue weighted by atomic mass is 32.2. The third kappa shape index (κ3) is 19.4. The number of fused-ring (bicyclic) bond motifs is 16. The summed E-state index contributed by atoms with van der Waals surface area (Å²) in [7, 11) is -6.06. The molecule has 0 saturated heterocycles. The van der Waals surface area contributed by atoms with Crippen molar-refractivity contribution in [3.05, 3.63) is 146 Å². The predicted molar refractivity (Wildman–Crippen MR) is 557 cm³/mol. The van der Waals surface area contributed by atoms with E-state index in [1.807, 2.05) is 43.2 Å². The largest absolute Gasteiger partial charge is 0.324 e. The number of hydrazone groups is 4. The lowest BCUT2D eigenvalue weighted by molar-refractivity contribution is -0.125. The summed E-state index contributed by atoms with van der Waals surface area (Å²) in [6, 6.07) is 33.1. The summed E-state index contributed by atoms with van der Waals surface area (Å²) in [5.41, 5.74) is 3.65. The standard InChI is InChI=1S/C25H30N8O3S.C25H32N8O3S.C24H30N8O3S.C23H28N8O3S/c1-16(34)31(2)23-25(12-4-3-5-13-25)32-21(33(30-23)19-8-9-19)14-17-15-27-24(29-22(17)32)28-18-6-10-20(11-7-18)37(26,35)36;1-16(2)33-21-14-18-15-27-24(28-19-8-10-20(11-9-19)37(26,35)36)29-22(18)32(21)25(12-6-5-7-13-25)23(30-33)31(4)17(3)34;1-4-31-20-14-17-15-26-23(27-18-8-10-19(11-9-18)36(25,34)35)28-21(17)32(20)24(12-6-5-7-13-24)22(29-31)30(3)16(2)33;1-15(32)29(2)21-23(11-5-4-6-12-23)31-19(30(3)28-21)13-16-14-25-22(27-20(16)31)26-17-7-9-18(10-8-17)35(24,33)34/h6-7,10-11,14-15,19H,3-5,8-9,12-13H2,1-2H3,(H2,26,35,36)(H,27,28,29);8-11,14-16H,5-7,12-13H2,1-4H3,(H2,26,35,36)(H,27,28,29);8-11,14-15H,4-7,12-13H2,1-3H3,(H2,25,34,35)(H,26,27,28);7-10,13-14H,4-6,11-12H2,1-3H3,(H2,24,33,34)(H,25,26,27). The molecule has 5 saturated carbocycles. The molecule has 0 atom stereocenters. The summed E-state index contributed by atoms with van der Waals surface area (Å²) in [4.78, 5) is 94.3. The fourth-order valence-electron chi connectivity index (χ4n) is 21.1. The lowest BCUT2D eigenvalue weighted by Gasteiger charge is -2.47. The molecule has 4 aliphatic heterocycles. The minimum atomic E-state index is -3.78. The van der Waals surface area contributed by atoms with Crippen LogP contribution in [0.25, 0.3) is 44.1 Å². The molecule has 0 bridgehead atoms. The van der Waals surface area contributed by atoms with E-state index in [1.54, 1.807) is 147 Å². The molecule has 21 rings (SSSR count). The topological polar surface area (TPSA) is 555 Å². The molecule has 4 spiro atoms. The molecule has 12 heterocycles. The molecule has 4 amide bonds. The van der Waals surface area contributed by atoms with Crippen molar-refractivity contribution < 1.29 is 52.8 Å². The van der Waals surface area contributed by atoms with Crippen LogP contribution in [0.3, 0.4) is 0 Å². The van der Waals surface area contributed by atoms with E-state index < -0.39 is 62.2 Å². The second-order valence-corrected chi connectivity index (χ2v) is 44.9. The fraction of sp³-hybridized carbons (Fsp3) is 0.423. The highest BCUT2D eigenvalue weighted by Gasteiger charge is 2.54. The monoisotopic (exact) mass is 2050 g/mol. The van der Waals surface area contributed by atoms with Crippen molar-refractivity contribution >= 4 is 201 Å². The van der Waals surface area contributed by atoms with E-state index in [2.05, 4.69) is 90.5 Å². The first kappa shape index (κ1) is 101. The summed E-state index contributed by atoms with van der Waals surface area (Å²) < 4.78 is 102. The molecule has 9 aliphatic rings. The number of carbonyl (C=O) groups excluding carboxylic acids is 4. The van der Waals surface area contributed by atoms with Crippen molar-refractivity contribution in [3.63, 3.8) is 0 Å². The maximum absolute atomic E-state index is 12.6. The van der Waals surface area contributed by atoms with Crippen molar-refractivity contribution in [3.8, 4) is 0 Å². The molecule has 145 heavy (non-hydrogen) atoms. The first-order valence-electron chi connectivity index (χ1n) is 48.5. The van der Waals surface area contributed by atoms with Gasteiger partial charge in [0.2, 0.25) is 87.5 Å². The van der Waals surface area contributed by atoms with Gasteiger partial charge in [0.1, 0.15) is 68.0 Å². The zero-order valence-corrected chi connectivity index (χ0v) is 86.1. The van der Waals surface area contributed by atoms with Gasteiger partial charge in [-0.1, -0.05) is 77.0 Å². The molecule has 48 heteroatoms. The molecule has 12 N–H and O–H groups in total.